The monoisotopic (exact) mass is 258 g/mol. The van der Waals surface area contributed by atoms with Crippen LogP contribution in [0.2, 0.25) is 0 Å². The number of hydrogen-bond donors (Lipinski definition) is 0. The number of rotatable bonds is 0. The molecule has 98 valence electrons. The molecule has 0 aromatic heterocycles. The molecule has 1 fully saturated rings. The Bertz CT molecular complexity index is 860. The number of aryl methyl sites for hydroxylation is 2. The van der Waals surface area contributed by atoms with Crippen LogP contribution in [-0.4, -0.2) is 0 Å². The van der Waals surface area contributed by atoms with E-state index in [4.69, 9.17) is 0 Å². The van der Waals surface area contributed by atoms with E-state index < -0.39 is 0 Å². The van der Waals surface area contributed by atoms with Crippen molar-refractivity contribution in [1.82, 2.24) is 0 Å². The van der Waals surface area contributed by atoms with Crippen LogP contribution in [0.15, 0.2) is 35.4 Å². The van der Waals surface area contributed by atoms with Gasteiger partial charge in [-0.25, -0.2) is 0 Å². The van der Waals surface area contributed by atoms with Crippen LogP contribution in [0.25, 0.3) is 11.1 Å². The van der Waals surface area contributed by atoms with Gasteiger partial charge in [0.15, 0.2) is 0 Å². The summed E-state index contributed by atoms with van der Waals surface area (Å²) in [6.45, 7) is 0. The van der Waals surface area contributed by atoms with Crippen LogP contribution >= 0.6 is 0 Å². The first-order valence-corrected chi connectivity index (χ1v) is 8.21. The SMILES string of the molecule is C1=C2CCc3ccc4c5c3=C2C2C(=C1)CCC(CC4)C=52. The smallest absolute Gasteiger partial charge is 0.0282 e. The van der Waals surface area contributed by atoms with Crippen LogP contribution < -0.4 is 10.4 Å². The molecule has 0 N–H and O–H groups in total. The molecule has 1 saturated carbocycles. The number of benzene rings is 1. The lowest BCUT2D eigenvalue weighted by molar-refractivity contribution is 0.490. The molecular formula is C20H18. The Labute approximate surface area is 119 Å². The zero-order valence-electron chi connectivity index (χ0n) is 11.7. The first kappa shape index (κ1) is 10.2. The van der Waals surface area contributed by atoms with Crippen molar-refractivity contribution in [2.24, 2.45) is 11.8 Å². The fraction of sp³-hybridized carbons (Fsp3) is 0.400. The van der Waals surface area contributed by atoms with Crippen molar-refractivity contribution in [3.63, 3.8) is 0 Å². The van der Waals surface area contributed by atoms with Gasteiger partial charge >= 0.3 is 0 Å². The molecule has 0 saturated heterocycles. The molecule has 0 heteroatoms. The molecule has 0 amide bonds. The summed E-state index contributed by atoms with van der Waals surface area (Å²) in [7, 11) is 0. The van der Waals surface area contributed by atoms with E-state index in [2.05, 4.69) is 24.3 Å². The minimum absolute atomic E-state index is 0.698. The summed E-state index contributed by atoms with van der Waals surface area (Å²) < 4.78 is 0. The molecule has 5 aliphatic rings. The molecule has 20 heavy (non-hydrogen) atoms. The van der Waals surface area contributed by atoms with Gasteiger partial charge in [0.2, 0.25) is 0 Å². The topological polar surface area (TPSA) is 0 Å². The third-order valence-corrected chi connectivity index (χ3v) is 6.40. The van der Waals surface area contributed by atoms with Crippen LogP contribution in [0, 0.1) is 11.8 Å². The Kier molecular flexibility index (Phi) is 1.63. The van der Waals surface area contributed by atoms with Crippen molar-refractivity contribution in [1.29, 1.82) is 0 Å². The maximum Gasteiger partial charge on any atom is 0.0282 e. The quantitative estimate of drug-likeness (QED) is 0.671. The van der Waals surface area contributed by atoms with E-state index in [0.29, 0.717) is 5.92 Å². The highest BCUT2D eigenvalue weighted by atomic mass is 14.5. The van der Waals surface area contributed by atoms with Gasteiger partial charge in [0.05, 0.1) is 0 Å². The molecule has 0 nitrogen and oxygen atoms in total. The van der Waals surface area contributed by atoms with Gasteiger partial charge < -0.3 is 0 Å². The summed E-state index contributed by atoms with van der Waals surface area (Å²) in [5.74, 6) is 1.58. The third-order valence-electron chi connectivity index (χ3n) is 6.40. The Morgan fingerprint density at radius 1 is 0.800 bits per heavy atom. The van der Waals surface area contributed by atoms with Crippen molar-refractivity contribution in [3.05, 3.63) is 57.0 Å². The van der Waals surface area contributed by atoms with Crippen LogP contribution in [-0.2, 0) is 12.8 Å². The molecule has 0 radical (unpaired) electrons. The second kappa shape index (κ2) is 3.19. The fourth-order valence-electron chi connectivity index (χ4n) is 5.59. The second-order valence-electron chi connectivity index (χ2n) is 7.14. The van der Waals surface area contributed by atoms with Crippen molar-refractivity contribution in [2.45, 2.75) is 38.5 Å². The molecule has 0 bridgehead atoms. The fourth-order valence-corrected chi connectivity index (χ4v) is 5.59. The third kappa shape index (κ3) is 0.974. The molecule has 0 spiro atoms. The van der Waals surface area contributed by atoms with Gasteiger partial charge in [-0.15, -0.1) is 0 Å². The van der Waals surface area contributed by atoms with E-state index >= 15 is 0 Å². The highest BCUT2D eigenvalue weighted by Gasteiger charge is 2.42. The molecule has 1 aromatic carbocycles. The van der Waals surface area contributed by atoms with E-state index in [0.717, 1.165) is 5.92 Å². The lowest BCUT2D eigenvalue weighted by Crippen LogP contribution is -2.37. The summed E-state index contributed by atoms with van der Waals surface area (Å²) in [4.78, 5) is 0. The van der Waals surface area contributed by atoms with E-state index in [1.54, 1.807) is 38.3 Å². The molecule has 0 heterocycles. The van der Waals surface area contributed by atoms with Gasteiger partial charge in [-0.3, -0.25) is 0 Å². The zero-order valence-corrected chi connectivity index (χ0v) is 11.7. The Hall–Kier alpha value is -1.56. The minimum Gasteiger partial charge on any atom is -0.0618 e. The van der Waals surface area contributed by atoms with Gasteiger partial charge in [-0.2, -0.15) is 0 Å². The lowest BCUT2D eigenvalue weighted by atomic mass is 9.66. The van der Waals surface area contributed by atoms with Crippen molar-refractivity contribution in [3.8, 4) is 0 Å². The van der Waals surface area contributed by atoms with E-state index in [1.165, 1.54) is 38.5 Å². The van der Waals surface area contributed by atoms with Crippen LogP contribution in [0.3, 0.4) is 0 Å². The first-order valence-electron chi connectivity index (χ1n) is 8.21. The van der Waals surface area contributed by atoms with Gasteiger partial charge in [0.25, 0.3) is 0 Å². The summed E-state index contributed by atoms with van der Waals surface area (Å²) in [6, 6.07) is 4.89. The van der Waals surface area contributed by atoms with Gasteiger partial charge in [0, 0.05) is 5.92 Å². The van der Waals surface area contributed by atoms with Gasteiger partial charge in [-0.05, 0) is 82.7 Å². The second-order valence-corrected chi connectivity index (χ2v) is 7.14. The van der Waals surface area contributed by atoms with Crippen LogP contribution in [0.1, 0.15) is 36.8 Å². The molecule has 5 aliphatic carbocycles. The van der Waals surface area contributed by atoms with Gasteiger partial charge in [0.1, 0.15) is 0 Å². The van der Waals surface area contributed by atoms with Crippen molar-refractivity contribution >= 4 is 11.1 Å². The Morgan fingerprint density at radius 2 is 1.65 bits per heavy atom. The lowest BCUT2D eigenvalue weighted by Gasteiger charge is -2.38. The molecule has 0 aliphatic heterocycles. The average molecular weight is 258 g/mol. The normalized spacial score (nSPS) is 31.2. The predicted molar refractivity (Wildman–Crippen MR) is 81.5 cm³/mol. The molecular weight excluding hydrogens is 240 g/mol. The van der Waals surface area contributed by atoms with E-state index in [-0.39, 0.29) is 0 Å². The maximum absolute atomic E-state index is 2.47. The number of allylic oxidation sites excluding steroid dienone is 4. The average Bonchev–Trinajstić information content (AvgIpc) is 2.88. The van der Waals surface area contributed by atoms with Crippen LogP contribution in [0.4, 0.5) is 0 Å². The van der Waals surface area contributed by atoms with E-state index in [1.807, 2.05) is 5.57 Å². The molecule has 6 rings (SSSR count). The summed E-state index contributed by atoms with van der Waals surface area (Å²) in [5.41, 5.74) is 10.2. The summed E-state index contributed by atoms with van der Waals surface area (Å²) in [6.07, 6.45) is 12.9. The Balaban J connectivity index is 1.91. The first-order chi connectivity index (χ1) is 9.92. The van der Waals surface area contributed by atoms with Gasteiger partial charge in [-0.1, -0.05) is 29.9 Å². The number of hydrogen-bond acceptors (Lipinski definition) is 0. The summed E-state index contributed by atoms with van der Waals surface area (Å²) in [5, 5.41) is 3.41. The minimum atomic E-state index is 0.698. The molecule has 1 aromatic rings. The van der Waals surface area contributed by atoms with Crippen molar-refractivity contribution in [2.75, 3.05) is 0 Å². The predicted octanol–water partition coefficient (Wildman–Crippen LogP) is 2.79. The highest BCUT2D eigenvalue weighted by molar-refractivity contribution is 5.88. The summed E-state index contributed by atoms with van der Waals surface area (Å²) >= 11 is 0. The molecule has 2 unspecified atom stereocenters. The maximum atomic E-state index is 2.47. The van der Waals surface area contributed by atoms with Crippen LogP contribution in [0.5, 0.6) is 0 Å². The Morgan fingerprint density at radius 3 is 2.60 bits per heavy atom. The standard InChI is InChI=1S/C20H18/c1-2-12-5-6-14-9-10-15-8-7-13-4-3-11(1)16-17(12)19(14)20(15)18(13)16/h1-2,7-8,14,17H,3-6,9-10H2. The van der Waals surface area contributed by atoms with Crippen molar-refractivity contribution < 1.29 is 0 Å². The zero-order chi connectivity index (χ0) is 12.8. The van der Waals surface area contributed by atoms with E-state index in [9.17, 15) is 0 Å². The largest absolute Gasteiger partial charge is 0.0618 e. The highest BCUT2D eigenvalue weighted by Crippen LogP contribution is 2.51. The molecule has 2 atom stereocenters.